The number of para-hydroxylation sites is 1. The summed E-state index contributed by atoms with van der Waals surface area (Å²) in [7, 11) is 0. The summed E-state index contributed by atoms with van der Waals surface area (Å²) in [6, 6.07) is 20.7. The van der Waals surface area contributed by atoms with Crippen LogP contribution in [0.5, 0.6) is 5.75 Å². The molecule has 1 fully saturated rings. The van der Waals surface area contributed by atoms with Gasteiger partial charge in [0.1, 0.15) is 12.1 Å². The SMILES string of the molecule is CCc1ccccc1N1CCS/C1=N\C(=O)N/C(C)=C(\C)c1ccc(-c2ncn(-c3ccc(OC(F)(F)F)cc3)n2)cc1. The van der Waals surface area contributed by atoms with E-state index in [2.05, 4.69) is 49.1 Å². The van der Waals surface area contributed by atoms with Gasteiger partial charge in [0.2, 0.25) is 0 Å². The lowest BCUT2D eigenvalue weighted by Gasteiger charge is -2.21. The summed E-state index contributed by atoms with van der Waals surface area (Å²) in [5, 5.41) is 8.03. The Morgan fingerprint density at radius 3 is 2.47 bits per heavy atom. The molecule has 5 rings (SSSR count). The summed E-state index contributed by atoms with van der Waals surface area (Å²) in [6.07, 6.45) is -2.37. The number of aliphatic imine (C=N–C) groups is 1. The third kappa shape index (κ3) is 7.26. The van der Waals surface area contributed by atoms with Crippen LogP contribution in [0.4, 0.5) is 23.7 Å². The summed E-state index contributed by atoms with van der Waals surface area (Å²) >= 11 is 1.57. The number of amides is 2. The number of allylic oxidation sites excluding steroid dienone is 2. The number of benzene rings is 3. The van der Waals surface area contributed by atoms with E-state index in [4.69, 9.17) is 0 Å². The molecular weight excluding hydrogens is 577 g/mol. The van der Waals surface area contributed by atoms with Gasteiger partial charge in [-0.05, 0) is 67.3 Å². The van der Waals surface area contributed by atoms with Crippen LogP contribution in [0.3, 0.4) is 0 Å². The molecule has 3 aromatic carbocycles. The monoisotopic (exact) mass is 606 g/mol. The number of urea groups is 1. The number of aromatic nitrogens is 3. The van der Waals surface area contributed by atoms with Gasteiger partial charge in [0.05, 0.1) is 5.69 Å². The fraction of sp³-hybridized carbons (Fsp3) is 0.226. The highest BCUT2D eigenvalue weighted by molar-refractivity contribution is 8.14. The third-order valence-electron chi connectivity index (χ3n) is 6.90. The van der Waals surface area contributed by atoms with Gasteiger partial charge in [0.15, 0.2) is 11.0 Å². The summed E-state index contributed by atoms with van der Waals surface area (Å²) < 4.78 is 42.6. The molecule has 0 saturated carbocycles. The predicted molar refractivity (Wildman–Crippen MR) is 163 cm³/mol. The van der Waals surface area contributed by atoms with Gasteiger partial charge in [-0.1, -0.05) is 61.2 Å². The average molecular weight is 607 g/mol. The minimum Gasteiger partial charge on any atom is -0.406 e. The maximum absolute atomic E-state index is 12.9. The van der Waals surface area contributed by atoms with Crippen LogP contribution in [0.1, 0.15) is 31.9 Å². The van der Waals surface area contributed by atoms with Crippen molar-refractivity contribution in [3.05, 3.63) is 95.9 Å². The number of thioether (sulfide) groups is 1. The molecule has 1 aliphatic heterocycles. The van der Waals surface area contributed by atoms with Crippen molar-refractivity contribution in [2.24, 2.45) is 4.99 Å². The third-order valence-corrected chi connectivity index (χ3v) is 7.85. The fourth-order valence-electron chi connectivity index (χ4n) is 4.57. The van der Waals surface area contributed by atoms with Gasteiger partial charge in [0.25, 0.3) is 0 Å². The van der Waals surface area contributed by atoms with Crippen molar-refractivity contribution in [1.82, 2.24) is 20.1 Å². The molecule has 12 heteroatoms. The number of nitrogens with one attached hydrogen (secondary N) is 1. The van der Waals surface area contributed by atoms with Crippen molar-refractivity contribution in [3.8, 4) is 22.8 Å². The van der Waals surface area contributed by atoms with Gasteiger partial charge < -0.3 is 15.0 Å². The number of hydrogen-bond acceptors (Lipinski definition) is 5. The Morgan fingerprint density at radius 2 is 1.77 bits per heavy atom. The molecule has 1 aromatic heterocycles. The summed E-state index contributed by atoms with van der Waals surface area (Å²) in [5.41, 5.74) is 6.06. The lowest BCUT2D eigenvalue weighted by atomic mass is 10.0. The molecule has 0 atom stereocenters. The lowest BCUT2D eigenvalue weighted by molar-refractivity contribution is -0.274. The summed E-state index contributed by atoms with van der Waals surface area (Å²) in [4.78, 5) is 23.7. The first-order valence-corrected chi connectivity index (χ1v) is 14.5. The molecule has 0 spiro atoms. The molecule has 0 bridgehead atoms. The zero-order valence-electron chi connectivity index (χ0n) is 23.7. The largest absolute Gasteiger partial charge is 0.573 e. The first kappa shape index (κ1) is 29.9. The first-order valence-electron chi connectivity index (χ1n) is 13.6. The van der Waals surface area contributed by atoms with Crippen molar-refractivity contribution in [3.63, 3.8) is 0 Å². The zero-order chi connectivity index (χ0) is 30.6. The standard InChI is InChI=1S/C31H29F3N6O2S/c1-4-22-7-5-6-8-27(22)39-17-18-43-30(39)37-29(41)36-21(3)20(2)23-9-11-24(12-10-23)28-35-19-40(38-28)25-13-15-26(16-14-25)42-31(32,33)34/h5-16,19H,4,17-18H2,1-3H3,(H,36,41)/b21-20+,37-30-. The number of nitrogens with zero attached hydrogens (tertiary/aromatic N) is 5. The van der Waals surface area contributed by atoms with Crippen LogP contribution in [-0.2, 0) is 6.42 Å². The van der Waals surface area contributed by atoms with Crippen LogP contribution >= 0.6 is 11.8 Å². The molecule has 0 radical (unpaired) electrons. The van der Waals surface area contributed by atoms with Crippen LogP contribution in [0.15, 0.2) is 89.8 Å². The Morgan fingerprint density at radius 1 is 1.05 bits per heavy atom. The number of anilines is 1. The van der Waals surface area contributed by atoms with E-state index < -0.39 is 12.4 Å². The normalized spacial score (nSPS) is 15.0. The summed E-state index contributed by atoms with van der Waals surface area (Å²) in [5.74, 6) is 1.00. The minimum absolute atomic E-state index is 0.313. The van der Waals surface area contributed by atoms with Crippen molar-refractivity contribution in [2.45, 2.75) is 33.6 Å². The van der Waals surface area contributed by atoms with Crippen molar-refractivity contribution in [2.75, 3.05) is 17.2 Å². The summed E-state index contributed by atoms with van der Waals surface area (Å²) in [6.45, 7) is 6.66. The number of rotatable bonds is 7. The number of alkyl halides is 3. The molecular formula is C31H29F3N6O2S. The Hall–Kier alpha value is -4.58. The molecule has 8 nitrogen and oxygen atoms in total. The van der Waals surface area contributed by atoms with Crippen molar-refractivity contribution in [1.29, 1.82) is 0 Å². The van der Waals surface area contributed by atoms with Crippen molar-refractivity contribution >= 4 is 34.2 Å². The van der Waals surface area contributed by atoms with E-state index in [1.54, 1.807) is 11.8 Å². The van der Waals surface area contributed by atoms with Crippen LogP contribution in [-0.4, -0.2) is 44.6 Å². The molecule has 1 N–H and O–H groups in total. The molecule has 2 heterocycles. The van der Waals surface area contributed by atoms with E-state index >= 15 is 0 Å². The molecule has 1 aliphatic rings. The molecule has 0 aliphatic carbocycles. The second-order valence-corrected chi connectivity index (χ2v) is 10.8. The highest BCUT2D eigenvalue weighted by atomic mass is 32.2. The maximum Gasteiger partial charge on any atom is 0.573 e. The Balaban J connectivity index is 1.25. The molecule has 222 valence electrons. The fourth-order valence-corrected chi connectivity index (χ4v) is 5.52. The van der Waals surface area contributed by atoms with Crippen LogP contribution in [0.25, 0.3) is 22.6 Å². The number of amidine groups is 1. The van der Waals surface area contributed by atoms with Gasteiger partial charge in [-0.25, -0.2) is 14.5 Å². The van der Waals surface area contributed by atoms with E-state index in [0.29, 0.717) is 22.4 Å². The maximum atomic E-state index is 12.9. The van der Waals surface area contributed by atoms with Gasteiger partial charge in [-0.2, -0.15) is 4.99 Å². The Kier molecular flexibility index (Phi) is 8.86. The molecule has 1 saturated heterocycles. The topological polar surface area (TPSA) is 84.6 Å². The second-order valence-electron chi connectivity index (χ2n) is 9.69. The minimum atomic E-state index is -4.75. The molecule has 43 heavy (non-hydrogen) atoms. The predicted octanol–water partition coefficient (Wildman–Crippen LogP) is 7.47. The smallest absolute Gasteiger partial charge is 0.406 e. The van der Waals surface area contributed by atoms with Gasteiger partial charge in [0, 0.05) is 29.2 Å². The van der Waals surface area contributed by atoms with E-state index in [9.17, 15) is 18.0 Å². The van der Waals surface area contributed by atoms with E-state index in [-0.39, 0.29) is 5.75 Å². The molecule has 0 unspecified atom stereocenters. The van der Waals surface area contributed by atoms with Crippen LogP contribution in [0, 0.1) is 0 Å². The van der Waals surface area contributed by atoms with E-state index in [1.165, 1.54) is 40.8 Å². The zero-order valence-corrected chi connectivity index (χ0v) is 24.5. The van der Waals surface area contributed by atoms with E-state index in [0.717, 1.165) is 41.1 Å². The van der Waals surface area contributed by atoms with Crippen LogP contribution in [0.2, 0.25) is 0 Å². The van der Waals surface area contributed by atoms with Crippen LogP contribution < -0.4 is 15.0 Å². The number of hydrogen-bond donors (Lipinski definition) is 1. The average Bonchev–Trinajstić information content (AvgIpc) is 3.67. The lowest BCUT2D eigenvalue weighted by Crippen LogP contribution is -2.28. The van der Waals surface area contributed by atoms with Gasteiger partial charge in [-0.3, -0.25) is 0 Å². The second kappa shape index (κ2) is 12.7. The number of aryl methyl sites for hydroxylation is 1. The van der Waals surface area contributed by atoms with Gasteiger partial charge in [-0.15, -0.1) is 18.3 Å². The quantitative estimate of drug-likeness (QED) is 0.235. The van der Waals surface area contributed by atoms with Gasteiger partial charge >= 0.3 is 12.4 Å². The Labute approximate surface area is 251 Å². The van der Waals surface area contributed by atoms with Crippen molar-refractivity contribution < 1.29 is 22.7 Å². The molecule has 4 aromatic rings. The van der Waals surface area contributed by atoms with E-state index in [1.807, 2.05) is 50.2 Å². The number of ether oxygens (including phenoxy) is 1. The highest BCUT2D eigenvalue weighted by Gasteiger charge is 2.31. The molecule has 2 amide bonds. The number of carbonyl (C=O) groups is 1. The first-order chi connectivity index (χ1) is 20.6. The number of carbonyl (C=O) groups excluding carboxylic acids is 1. The number of halogens is 3. The Bertz CT molecular complexity index is 1660. The highest BCUT2D eigenvalue weighted by Crippen LogP contribution is 2.29.